The molecule has 1 N–H and O–H groups in total. The molecule has 0 saturated carbocycles. The van der Waals surface area contributed by atoms with Gasteiger partial charge in [0, 0.05) is 49.8 Å². The molecule has 174 valence electrons. The second-order valence-electron chi connectivity index (χ2n) is 8.72. The molecule has 0 aliphatic carbocycles. The lowest BCUT2D eigenvalue weighted by atomic mass is 9.98. The standard InChI is InChI=1S/C25H23F3N6/c1-15-17(14-29)4-3-5-18(15)16(2)31-23-19-12-22(33-9-6-25(27,28)7-10-33)20(26)13-21(19)34-11-8-30-24(34)32-23/h3-5,8,11-13,16H,6-7,9-10H2,1-2H3,(H,30,31,32). The first-order valence-corrected chi connectivity index (χ1v) is 11.1. The first-order chi connectivity index (χ1) is 16.3. The summed E-state index contributed by atoms with van der Waals surface area (Å²) < 4.78 is 44.2. The summed E-state index contributed by atoms with van der Waals surface area (Å²) in [7, 11) is 0. The van der Waals surface area contributed by atoms with Crippen molar-refractivity contribution in [1.29, 1.82) is 5.26 Å². The number of nitriles is 1. The van der Waals surface area contributed by atoms with Crippen LogP contribution in [-0.2, 0) is 0 Å². The highest BCUT2D eigenvalue weighted by molar-refractivity contribution is 5.94. The third-order valence-corrected chi connectivity index (χ3v) is 6.56. The summed E-state index contributed by atoms with van der Waals surface area (Å²) in [6, 6.07) is 10.6. The Hall–Kier alpha value is -3.80. The van der Waals surface area contributed by atoms with Gasteiger partial charge in [0.1, 0.15) is 11.6 Å². The van der Waals surface area contributed by atoms with Gasteiger partial charge in [-0.1, -0.05) is 12.1 Å². The molecule has 0 bridgehead atoms. The number of anilines is 2. The molecule has 2 aromatic heterocycles. The molecule has 3 heterocycles. The molecule has 1 saturated heterocycles. The van der Waals surface area contributed by atoms with Crippen molar-refractivity contribution in [2.75, 3.05) is 23.3 Å². The number of alkyl halides is 2. The quantitative estimate of drug-likeness (QED) is 0.425. The minimum atomic E-state index is -2.72. The van der Waals surface area contributed by atoms with E-state index >= 15 is 4.39 Å². The SMILES string of the molecule is Cc1c(C#N)cccc1C(C)Nc1nc2nccn2c2cc(F)c(N3CCC(F)(F)CC3)cc12. The Balaban J connectivity index is 1.60. The Kier molecular flexibility index (Phi) is 5.31. The predicted molar refractivity (Wildman–Crippen MR) is 125 cm³/mol. The van der Waals surface area contributed by atoms with Gasteiger partial charge in [-0.15, -0.1) is 0 Å². The van der Waals surface area contributed by atoms with E-state index in [1.165, 1.54) is 6.07 Å². The van der Waals surface area contributed by atoms with E-state index in [1.54, 1.807) is 33.8 Å². The van der Waals surface area contributed by atoms with Crippen LogP contribution in [0.2, 0.25) is 0 Å². The smallest absolute Gasteiger partial charge is 0.251 e. The molecule has 34 heavy (non-hydrogen) atoms. The van der Waals surface area contributed by atoms with Crippen molar-refractivity contribution in [3.63, 3.8) is 0 Å². The van der Waals surface area contributed by atoms with Gasteiger partial charge in [0.25, 0.3) is 5.92 Å². The minimum absolute atomic E-state index is 0.0789. The maximum atomic E-state index is 15.2. The summed E-state index contributed by atoms with van der Waals surface area (Å²) in [5.74, 6) is -2.27. The zero-order valence-electron chi connectivity index (χ0n) is 18.8. The van der Waals surface area contributed by atoms with Crippen LogP contribution in [0.15, 0.2) is 42.7 Å². The van der Waals surface area contributed by atoms with E-state index in [9.17, 15) is 14.0 Å². The first kappa shape index (κ1) is 22.0. The number of rotatable bonds is 4. The van der Waals surface area contributed by atoms with Gasteiger partial charge in [-0.25, -0.2) is 18.2 Å². The average molecular weight is 464 g/mol. The zero-order valence-corrected chi connectivity index (χ0v) is 18.8. The van der Waals surface area contributed by atoms with Crippen LogP contribution in [0.5, 0.6) is 0 Å². The lowest BCUT2D eigenvalue weighted by molar-refractivity contribution is -0.0221. The van der Waals surface area contributed by atoms with Crippen LogP contribution in [0.25, 0.3) is 16.7 Å². The van der Waals surface area contributed by atoms with Crippen molar-refractivity contribution in [3.8, 4) is 6.07 Å². The van der Waals surface area contributed by atoms with Crippen LogP contribution < -0.4 is 10.2 Å². The summed E-state index contributed by atoms with van der Waals surface area (Å²) in [4.78, 5) is 10.6. The average Bonchev–Trinajstić information content (AvgIpc) is 3.28. The lowest BCUT2D eigenvalue weighted by Crippen LogP contribution is -2.39. The number of piperidine rings is 1. The Morgan fingerprint density at radius 2 is 1.97 bits per heavy atom. The van der Waals surface area contributed by atoms with Crippen LogP contribution in [-0.4, -0.2) is 33.4 Å². The fourth-order valence-corrected chi connectivity index (χ4v) is 4.62. The van der Waals surface area contributed by atoms with E-state index in [0.717, 1.165) is 11.1 Å². The zero-order chi connectivity index (χ0) is 24.0. The van der Waals surface area contributed by atoms with Gasteiger partial charge < -0.3 is 10.2 Å². The van der Waals surface area contributed by atoms with Crippen LogP contribution in [0.4, 0.5) is 24.7 Å². The second kappa shape index (κ2) is 8.20. The van der Waals surface area contributed by atoms with E-state index in [0.29, 0.717) is 28.1 Å². The van der Waals surface area contributed by atoms with Gasteiger partial charge in [0.2, 0.25) is 5.78 Å². The van der Waals surface area contributed by atoms with E-state index in [1.807, 2.05) is 26.0 Å². The molecule has 0 amide bonds. The molecule has 0 spiro atoms. The predicted octanol–water partition coefficient (Wildman–Crippen LogP) is 5.61. The molecule has 0 radical (unpaired) electrons. The van der Waals surface area contributed by atoms with Crippen LogP contribution in [0.1, 0.15) is 42.5 Å². The van der Waals surface area contributed by atoms with Crippen molar-refractivity contribution >= 4 is 28.2 Å². The number of hydrogen-bond acceptors (Lipinski definition) is 5. The summed E-state index contributed by atoms with van der Waals surface area (Å²) in [6.45, 7) is 4.02. The number of nitrogens with one attached hydrogen (secondary N) is 1. The summed E-state index contributed by atoms with van der Waals surface area (Å²) in [6.07, 6.45) is 2.69. The molecule has 1 aliphatic rings. The Morgan fingerprint density at radius 3 is 2.71 bits per heavy atom. The lowest BCUT2D eigenvalue weighted by Gasteiger charge is -2.33. The molecule has 4 aromatic rings. The van der Waals surface area contributed by atoms with Crippen molar-refractivity contribution < 1.29 is 13.2 Å². The Morgan fingerprint density at radius 1 is 1.21 bits per heavy atom. The van der Waals surface area contributed by atoms with Crippen LogP contribution >= 0.6 is 0 Å². The van der Waals surface area contributed by atoms with Gasteiger partial charge in [0.15, 0.2) is 0 Å². The van der Waals surface area contributed by atoms with Gasteiger partial charge in [-0.3, -0.25) is 4.40 Å². The van der Waals surface area contributed by atoms with E-state index in [-0.39, 0.29) is 37.7 Å². The van der Waals surface area contributed by atoms with Gasteiger partial charge in [0.05, 0.1) is 28.9 Å². The number of hydrogen-bond donors (Lipinski definition) is 1. The molecule has 1 fully saturated rings. The normalized spacial score (nSPS) is 16.5. The number of imidazole rings is 1. The van der Waals surface area contributed by atoms with Gasteiger partial charge in [-0.2, -0.15) is 10.2 Å². The monoisotopic (exact) mass is 464 g/mol. The van der Waals surface area contributed by atoms with Gasteiger partial charge >= 0.3 is 0 Å². The summed E-state index contributed by atoms with van der Waals surface area (Å²) >= 11 is 0. The van der Waals surface area contributed by atoms with Crippen LogP contribution in [0, 0.1) is 24.1 Å². The maximum Gasteiger partial charge on any atom is 0.251 e. The molecule has 1 atom stereocenters. The second-order valence-corrected chi connectivity index (χ2v) is 8.72. The number of nitrogens with zero attached hydrogens (tertiary/aromatic N) is 5. The Labute approximate surface area is 194 Å². The molecule has 9 heteroatoms. The topological polar surface area (TPSA) is 69.2 Å². The van der Waals surface area contributed by atoms with Crippen molar-refractivity contribution in [2.45, 2.75) is 38.7 Å². The van der Waals surface area contributed by atoms with Crippen LogP contribution in [0.3, 0.4) is 0 Å². The highest BCUT2D eigenvalue weighted by Crippen LogP contribution is 2.36. The fraction of sp³-hybridized carbons (Fsp3) is 0.320. The number of halogens is 3. The first-order valence-electron chi connectivity index (χ1n) is 11.1. The summed E-state index contributed by atoms with van der Waals surface area (Å²) in [5.41, 5.74) is 3.26. The van der Waals surface area contributed by atoms with Gasteiger partial charge in [-0.05, 0) is 37.1 Å². The van der Waals surface area contributed by atoms with E-state index in [4.69, 9.17) is 0 Å². The maximum absolute atomic E-state index is 15.2. The minimum Gasteiger partial charge on any atom is -0.369 e. The molecular formula is C25H23F3N6. The molecule has 6 nitrogen and oxygen atoms in total. The molecular weight excluding hydrogens is 441 g/mol. The fourth-order valence-electron chi connectivity index (χ4n) is 4.62. The molecule has 2 aromatic carbocycles. The highest BCUT2D eigenvalue weighted by atomic mass is 19.3. The van der Waals surface area contributed by atoms with E-state index < -0.39 is 11.7 Å². The number of fused-ring (bicyclic) bond motifs is 3. The van der Waals surface area contributed by atoms with Crippen molar-refractivity contribution in [2.24, 2.45) is 0 Å². The van der Waals surface area contributed by atoms with Crippen molar-refractivity contribution in [1.82, 2.24) is 14.4 Å². The largest absolute Gasteiger partial charge is 0.369 e. The number of benzene rings is 2. The molecule has 1 unspecified atom stereocenters. The van der Waals surface area contributed by atoms with E-state index in [2.05, 4.69) is 21.4 Å². The number of aromatic nitrogens is 3. The molecule has 1 aliphatic heterocycles. The molecule has 5 rings (SSSR count). The summed E-state index contributed by atoms with van der Waals surface area (Å²) in [5, 5.41) is 13.4. The third-order valence-electron chi connectivity index (χ3n) is 6.56. The van der Waals surface area contributed by atoms with Crippen molar-refractivity contribution in [3.05, 3.63) is 65.2 Å². The highest BCUT2D eigenvalue weighted by Gasteiger charge is 2.35. The third kappa shape index (κ3) is 3.79. The Bertz CT molecular complexity index is 1430.